The van der Waals surface area contributed by atoms with E-state index in [-0.39, 0.29) is 31.0 Å². The van der Waals surface area contributed by atoms with Crippen LogP contribution in [0.5, 0.6) is 0 Å². The maximum atomic E-state index is 12.3. The minimum absolute atomic E-state index is 0.0430. The van der Waals surface area contributed by atoms with Crippen molar-refractivity contribution in [1.29, 1.82) is 0 Å². The molecule has 1 fully saturated rings. The lowest BCUT2D eigenvalue weighted by atomic mass is 9.79. The fourth-order valence-corrected chi connectivity index (χ4v) is 1.99. The van der Waals surface area contributed by atoms with Gasteiger partial charge in [-0.25, -0.2) is 0 Å². The van der Waals surface area contributed by atoms with Gasteiger partial charge >= 0.3 is 6.18 Å². The molecule has 4 heteroatoms. The summed E-state index contributed by atoms with van der Waals surface area (Å²) in [6, 6.07) is 0. The van der Waals surface area contributed by atoms with E-state index in [1.54, 1.807) is 0 Å². The Labute approximate surface area is 87.0 Å². The first-order valence-corrected chi connectivity index (χ1v) is 4.98. The first-order chi connectivity index (χ1) is 6.95. The van der Waals surface area contributed by atoms with Crippen molar-refractivity contribution in [2.75, 3.05) is 0 Å². The van der Waals surface area contributed by atoms with E-state index in [0.29, 0.717) is 12.8 Å². The molecule has 0 N–H and O–H groups in total. The maximum Gasteiger partial charge on any atom is 0.391 e. The van der Waals surface area contributed by atoms with Crippen molar-refractivity contribution in [1.82, 2.24) is 0 Å². The Morgan fingerprint density at radius 1 is 1.27 bits per heavy atom. The van der Waals surface area contributed by atoms with Crippen molar-refractivity contribution in [2.24, 2.45) is 11.8 Å². The molecular formula is C11H13F3O. The van der Waals surface area contributed by atoms with Crippen LogP contribution in [0.2, 0.25) is 0 Å². The first kappa shape index (κ1) is 12.1. The predicted molar refractivity (Wildman–Crippen MR) is 50.0 cm³/mol. The minimum Gasteiger partial charge on any atom is -0.298 e. The van der Waals surface area contributed by atoms with Gasteiger partial charge in [0.15, 0.2) is 0 Å². The van der Waals surface area contributed by atoms with Crippen LogP contribution in [0.25, 0.3) is 0 Å². The molecule has 0 aliphatic heterocycles. The molecule has 1 rings (SSSR count). The molecule has 84 valence electrons. The van der Waals surface area contributed by atoms with Crippen molar-refractivity contribution < 1.29 is 18.0 Å². The zero-order valence-electron chi connectivity index (χ0n) is 8.31. The first-order valence-electron chi connectivity index (χ1n) is 4.98. The summed E-state index contributed by atoms with van der Waals surface area (Å²) in [4.78, 5) is 11.3. The van der Waals surface area contributed by atoms with Gasteiger partial charge < -0.3 is 0 Å². The summed E-state index contributed by atoms with van der Waals surface area (Å²) in [7, 11) is 0. The summed E-state index contributed by atoms with van der Waals surface area (Å²) in [6.07, 6.45) is 1.68. The highest BCUT2D eigenvalue weighted by Gasteiger charge is 2.42. The molecule has 0 bridgehead atoms. The fourth-order valence-electron chi connectivity index (χ4n) is 1.99. The molecule has 1 nitrogen and oxygen atoms in total. The van der Waals surface area contributed by atoms with Crippen LogP contribution >= 0.6 is 0 Å². The second-order valence-electron chi connectivity index (χ2n) is 3.94. The molecule has 15 heavy (non-hydrogen) atoms. The van der Waals surface area contributed by atoms with Gasteiger partial charge in [-0.15, -0.1) is 6.42 Å². The molecular weight excluding hydrogens is 205 g/mol. The number of carbonyl (C=O) groups is 1. The lowest BCUT2D eigenvalue weighted by molar-refractivity contribution is -0.184. The van der Waals surface area contributed by atoms with E-state index < -0.39 is 12.1 Å². The SMILES string of the molecule is C#CCC(=O)C1CCC(C(F)(F)F)CC1. The Bertz CT molecular complexity index is 267. The molecule has 0 aromatic rings. The van der Waals surface area contributed by atoms with Crippen LogP contribution in [0, 0.1) is 24.2 Å². The van der Waals surface area contributed by atoms with Crippen molar-refractivity contribution in [2.45, 2.75) is 38.3 Å². The smallest absolute Gasteiger partial charge is 0.298 e. The highest BCUT2D eigenvalue weighted by Crippen LogP contribution is 2.39. The van der Waals surface area contributed by atoms with Gasteiger partial charge in [-0.2, -0.15) is 13.2 Å². The Hall–Kier alpha value is -0.980. The Balaban J connectivity index is 2.43. The fraction of sp³-hybridized carbons (Fsp3) is 0.727. The third-order valence-electron chi connectivity index (χ3n) is 2.92. The van der Waals surface area contributed by atoms with Crippen LogP contribution in [0.4, 0.5) is 13.2 Å². The van der Waals surface area contributed by atoms with Crippen LogP contribution in [-0.2, 0) is 4.79 Å². The van der Waals surface area contributed by atoms with Crippen molar-refractivity contribution in [3.05, 3.63) is 0 Å². The minimum atomic E-state index is -4.11. The molecule has 0 spiro atoms. The van der Waals surface area contributed by atoms with E-state index in [1.165, 1.54) is 0 Å². The topological polar surface area (TPSA) is 17.1 Å². The number of rotatable bonds is 2. The average molecular weight is 218 g/mol. The standard InChI is InChI=1S/C11H13F3O/c1-2-3-10(15)8-4-6-9(7-5-8)11(12,13)14/h1,8-9H,3-7H2. The molecule has 0 aromatic carbocycles. The quantitative estimate of drug-likeness (QED) is 0.651. The number of ketones is 1. The van der Waals surface area contributed by atoms with E-state index in [0.717, 1.165) is 0 Å². The van der Waals surface area contributed by atoms with E-state index in [1.807, 2.05) is 0 Å². The van der Waals surface area contributed by atoms with Gasteiger partial charge in [0.05, 0.1) is 12.3 Å². The number of Topliss-reactive ketones (excluding diaryl/α,β-unsaturated/α-hetero) is 1. The number of terminal acetylenes is 1. The summed E-state index contributed by atoms with van der Waals surface area (Å²) < 4.78 is 36.9. The second-order valence-corrected chi connectivity index (χ2v) is 3.94. The highest BCUT2D eigenvalue weighted by molar-refractivity contribution is 5.83. The van der Waals surface area contributed by atoms with Crippen LogP contribution < -0.4 is 0 Å². The number of halogens is 3. The van der Waals surface area contributed by atoms with Gasteiger partial charge in [-0.1, -0.05) is 5.92 Å². The van der Waals surface area contributed by atoms with E-state index in [4.69, 9.17) is 6.42 Å². The van der Waals surface area contributed by atoms with Gasteiger partial charge in [0.2, 0.25) is 0 Å². The van der Waals surface area contributed by atoms with Crippen LogP contribution in [0.1, 0.15) is 32.1 Å². The van der Waals surface area contributed by atoms with Crippen molar-refractivity contribution >= 4 is 5.78 Å². The van der Waals surface area contributed by atoms with E-state index in [9.17, 15) is 18.0 Å². The average Bonchev–Trinajstić information content (AvgIpc) is 2.17. The van der Waals surface area contributed by atoms with Crippen LogP contribution in [-0.4, -0.2) is 12.0 Å². The van der Waals surface area contributed by atoms with Gasteiger partial charge in [-0.3, -0.25) is 4.79 Å². The highest BCUT2D eigenvalue weighted by atomic mass is 19.4. The van der Waals surface area contributed by atoms with Crippen LogP contribution in [0.15, 0.2) is 0 Å². The van der Waals surface area contributed by atoms with Gasteiger partial charge in [0.1, 0.15) is 5.78 Å². The number of carbonyl (C=O) groups excluding carboxylic acids is 1. The second kappa shape index (κ2) is 4.69. The van der Waals surface area contributed by atoms with E-state index >= 15 is 0 Å². The lowest BCUT2D eigenvalue weighted by Crippen LogP contribution is -2.30. The molecule has 0 heterocycles. The summed E-state index contributed by atoms with van der Waals surface area (Å²) >= 11 is 0. The molecule has 1 saturated carbocycles. The normalized spacial score (nSPS) is 27.1. The number of hydrogen-bond donors (Lipinski definition) is 0. The summed E-state index contributed by atoms with van der Waals surface area (Å²) in [5.74, 6) is 0.670. The molecule has 0 atom stereocenters. The number of alkyl halides is 3. The zero-order chi connectivity index (χ0) is 11.5. The summed E-state index contributed by atoms with van der Waals surface area (Å²) in [6.45, 7) is 0. The zero-order valence-corrected chi connectivity index (χ0v) is 8.31. The van der Waals surface area contributed by atoms with Gasteiger partial charge in [-0.05, 0) is 25.7 Å². The molecule has 0 radical (unpaired) electrons. The lowest BCUT2D eigenvalue weighted by Gasteiger charge is -2.28. The number of hydrogen-bond acceptors (Lipinski definition) is 1. The van der Waals surface area contributed by atoms with Crippen molar-refractivity contribution in [3.63, 3.8) is 0 Å². The molecule has 0 saturated heterocycles. The van der Waals surface area contributed by atoms with Crippen molar-refractivity contribution in [3.8, 4) is 12.3 Å². The molecule has 0 unspecified atom stereocenters. The molecule has 0 amide bonds. The third-order valence-corrected chi connectivity index (χ3v) is 2.92. The Morgan fingerprint density at radius 3 is 2.20 bits per heavy atom. The molecule has 1 aliphatic rings. The molecule has 1 aliphatic carbocycles. The molecule has 0 aromatic heterocycles. The van der Waals surface area contributed by atoms with E-state index in [2.05, 4.69) is 5.92 Å². The predicted octanol–water partition coefficient (Wildman–Crippen LogP) is 2.95. The summed E-state index contributed by atoms with van der Waals surface area (Å²) in [5.41, 5.74) is 0. The third kappa shape index (κ3) is 3.26. The van der Waals surface area contributed by atoms with Gasteiger partial charge in [0, 0.05) is 5.92 Å². The monoisotopic (exact) mass is 218 g/mol. The Kier molecular flexibility index (Phi) is 3.78. The van der Waals surface area contributed by atoms with Gasteiger partial charge in [0.25, 0.3) is 0 Å². The largest absolute Gasteiger partial charge is 0.391 e. The maximum absolute atomic E-state index is 12.3. The van der Waals surface area contributed by atoms with Crippen LogP contribution in [0.3, 0.4) is 0 Å². The Morgan fingerprint density at radius 2 is 1.80 bits per heavy atom. The summed E-state index contributed by atoms with van der Waals surface area (Å²) in [5, 5.41) is 0.